The van der Waals surface area contributed by atoms with Crippen molar-refractivity contribution in [1.82, 2.24) is 4.90 Å². The van der Waals surface area contributed by atoms with Crippen LogP contribution in [0.3, 0.4) is 0 Å². The Labute approximate surface area is 68.6 Å². The van der Waals surface area contributed by atoms with Gasteiger partial charge >= 0.3 is 0 Å². The maximum atomic E-state index is 11.2. The first kappa shape index (κ1) is 8.57. The van der Waals surface area contributed by atoms with E-state index in [4.69, 9.17) is 0 Å². The highest BCUT2D eigenvalue weighted by molar-refractivity contribution is 5.78. The molecule has 0 radical (unpaired) electrons. The van der Waals surface area contributed by atoms with Crippen molar-refractivity contribution in [1.29, 1.82) is 0 Å². The second-order valence-electron chi connectivity index (χ2n) is 3.53. The van der Waals surface area contributed by atoms with Crippen LogP contribution in [0.2, 0.25) is 0 Å². The molecular weight excluding hydrogens is 138 g/mol. The molecule has 0 N–H and O–H groups in total. The maximum Gasteiger partial charge on any atom is 0.222 e. The first-order valence-corrected chi connectivity index (χ1v) is 4.46. The fourth-order valence-electron chi connectivity index (χ4n) is 1.86. The molecule has 1 atom stereocenters. The molecule has 1 fully saturated rings. The zero-order chi connectivity index (χ0) is 8.43. The van der Waals surface area contributed by atoms with E-state index in [2.05, 4.69) is 20.8 Å². The normalized spacial score (nSPS) is 25.3. The van der Waals surface area contributed by atoms with Crippen molar-refractivity contribution in [3.8, 4) is 0 Å². The van der Waals surface area contributed by atoms with Crippen LogP contribution in [0.25, 0.3) is 0 Å². The Morgan fingerprint density at radius 2 is 2.27 bits per heavy atom. The van der Waals surface area contributed by atoms with Crippen molar-refractivity contribution in [3.05, 3.63) is 0 Å². The molecule has 0 spiro atoms. The van der Waals surface area contributed by atoms with Crippen molar-refractivity contribution in [3.63, 3.8) is 0 Å². The van der Waals surface area contributed by atoms with Gasteiger partial charge in [-0.3, -0.25) is 4.79 Å². The number of nitrogens with zero attached hydrogens (tertiary/aromatic N) is 1. The number of rotatable bonds is 2. The van der Waals surface area contributed by atoms with Crippen LogP contribution in [0, 0.1) is 5.92 Å². The number of amides is 1. The van der Waals surface area contributed by atoms with Crippen molar-refractivity contribution < 1.29 is 4.79 Å². The first-order chi connectivity index (χ1) is 5.16. The van der Waals surface area contributed by atoms with E-state index in [0.717, 1.165) is 19.4 Å². The van der Waals surface area contributed by atoms with Crippen LogP contribution in [-0.2, 0) is 4.79 Å². The Hall–Kier alpha value is -0.530. The predicted octanol–water partition coefficient (Wildman–Crippen LogP) is 1.65. The number of hydrogen-bond donors (Lipinski definition) is 0. The standard InChI is InChI=1S/C9H17NO/c1-4-10-8(7(2)3)5-6-9(10)11/h7-8H,4-6H2,1-3H3/t8-/m1/s1. The highest BCUT2D eigenvalue weighted by Gasteiger charge is 2.31. The lowest BCUT2D eigenvalue weighted by atomic mass is 10.0. The van der Waals surface area contributed by atoms with Crippen LogP contribution in [0.4, 0.5) is 0 Å². The van der Waals surface area contributed by atoms with E-state index >= 15 is 0 Å². The first-order valence-electron chi connectivity index (χ1n) is 4.46. The third-order valence-electron chi connectivity index (χ3n) is 2.48. The second kappa shape index (κ2) is 3.24. The summed E-state index contributed by atoms with van der Waals surface area (Å²) in [6.07, 6.45) is 1.82. The number of likely N-dealkylation sites (tertiary alicyclic amines) is 1. The lowest BCUT2D eigenvalue weighted by molar-refractivity contribution is -0.129. The Morgan fingerprint density at radius 3 is 2.64 bits per heavy atom. The molecule has 11 heavy (non-hydrogen) atoms. The average molecular weight is 155 g/mol. The van der Waals surface area contributed by atoms with Crippen LogP contribution >= 0.6 is 0 Å². The summed E-state index contributed by atoms with van der Waals surface area (Å²) in [4.78, 5) is 13.3. The number of hydrogen-bond acceptors (Lipinski definition) is 1. The van der Waals surface area contributed by atoms with Crippen molar-refractivity contribution in [2.75, 3.05) is 6.54 Å². The van der Waals surface area contributed by atoms with E-state index in [9.17, 15) is 4.79 Å². The molecule has 0 aromatic rings. The predicted molar refractivity (Wildman–Crippen MR) is 45.2 cm³/mol. The molecular formula is C9H17NO. The van der Waals surface area contributed by atoms with Crippen LogP contribution in [0.1, 0.15) is 33.6 Å². The molecule has 0 aromatic heterocycles. The number of carbonyl (C=O) groups excluding carboxylic acids is 1. The van der Waals surface area contributed by atoms with Gasteiger partial charge in [-0.15, -0.1) is 0 Å². The van der Waals surface area contributed by atoms with Gasteiger partial charge in [0.05, 0.1) is 0 Å². The Balaban J connectivity index is 2.61. The van der Waals surface area contributed by atoms with Gasteiger partial charge in [0.2, 0.25) is 5.91 Å². The summed E-state index contributed by atoms with van der Waals surface area (Å²) in [6.45, 7) is 7.30. The molecule has 1 aliphatic rings. The third-order valence-corrected chi connectivity index (χ3v) is 2.48. The highest BCUT2D eigenvalue weighted by Crippen LogP contribution is 2.23. The molecule has 1 saturated heterocycles. The topological polar surface area (TPSA) is 20.3 Å². The van der Waals surface area contributed by atoms with Gasteiger partial charge < -0.3 is 4.90 Å². The molecule has 64 valence electrons. The minimum atomic E-state index is 0.339. The molecule has 0 bridgehead atoms. The van der Waals surface area contributed by atoms with Gasteiger partial charge in [-0.05, 0) is 19.3 Å². The summed E-state index contributed by atoms with van der Waals surface area (Å²) in [5, 5.41) is 0. The van der Waals surface area contributed by atoms with Crippen molar-refractivity contribution in [2.24, 2.45) is 5.92 Å². The average Bonchev–Trinajstić information content (AvgIpc) is 2.30. The molecule has 2 heteroatoms. The molecule has 1 rings (SSSR count). The highest BCUT2D eigenvalue weighted by atomic mass is 16.2. The Morgan fingerprint density at radius 1 is 1.64 bits per heavy atom. The van der Waals surface area contributed by atoms with Crippen molar-refractivity contribution >= 4 is 5.91 Å². The molecule has 0 aliphatic carbocycles. The molecule has 1 heterocycles. The van der Waals surface area contributed by atoms with Crippen LogP contribution < -0.4 is 0 Å². The van der Waals surface area contributed by atoms with Gasteiger partial charge in [-0.2, -0.15) is 0 Å². The second-order valence-corrected chi connectivity index (χ2v) is 3.53. The fraction of sp³-hybridized carbons (Fsp3) is 0.889. The fourth-order valence-corrected chi connectivity index (χ4v) is 1.86. The number of carbonyl (C=O) groups is 1. The van der Waals surface area contributed by atoms with Gasteiger partial charge in [0, 0.05) is 19.0 Å². The minimum absolute atomic E-state index is 0.339. The Kier molecular flexibility index (Phi) is 2.53. The summed E-state index contributed by atoms with van der Waals surface area (Å²) in [6, 6.07) is 0.507. The van der Waals surface area contributed by atoms with Gasteiger partial charge in [0.15, 0.2) is 0 Å². The SMILES string of the molecule is CCN1C(=O)CC[C@@H]1C(C)C. The minimum Gasteiger partial charge on any atom is -0.340 e. The van der Waals surface area contributed by atoms with E-state index < -0.39 is 0 Å². The maximum absolute atomic E-state index is 11.2. The van der Waals surface area contributed by atoms with Crippen LogP contribution in [0.15, 0.2) is 0 Å². The lowest BCUT2D eigenvalue weighted by Gasteiger charge is -2.26. The summed E-state index contributed by atoms with van der Waals surface area (Å²) in [7, 11) is 0. The van der Waals surface area contributed by atoms with Gasteiger partial charge in [0.25, 0.3) is 0 Å². The molecule has 2 nitrogen and oxygen atoms in total. The van der Waals surface area contributed by atoms with Crippen LogP contribution in [-0.4, -0.2) is 23.4 Å². The summed E-state index contributed by atoms with van der Waals surface area (Å²) >= 11 is 0. The van der Waals surface area contributed by atoms with Crippen molar-refractivity contribution in [2.45, 2.75) is 39.7 Å². The summed E-state index contributed by atoms with van der Waals surface area (Å²) in [5.74, 6) is 0.951. The van der Waals surface area contributed by atoms with Crippen LogP contribution in [0.5, 0.6) is 0 Å². The zero-order valence-corrected chi connectivity index (χ0v) is 7.63. The zero-order valence-electron chi connectivity index (χ0n) is 7.63. The van der Waals surface area contributed by atoms with Gasteiger partial charge in [-0.1, -0.05) is 13.8 Å². The van der Waals surface area contributed by atoms with E-state index in [0.29, 0.717) is 17.9 Å². The summed E-state index contributed by atoms with van der Waals surface area (Å²) in [5.41, 5.74) is 0. The molecule has 0 unspecified atom stereocenters. The van der Waals surface area contributed by atoms with E-state index in [1.807, 2.05) is 4.90 Å². The van der Waals surface area contributed by atoms with Gasteiger partial charge in [-0.25, -0.2) is 0 Å². The lowest BCUT2D eigenvalue weighted by Crippen LogP contribution is -2.35. The Bertz CT molecular complexity index is 154. The molecule has 1 aliphatic heterocycles. The monoisotopic (exact) mass is 155 g/mol. The van der Waals surface area contributed by atoms with E-state index in [-0.39, 0.29) is 0 Å². The molecule has 0 saturated carbocycles. The smallest absolute Gasteiger partial charge is 0.222 e. The van der Waals surface area contributed by atoms with E-state index in [1.165, 1.54) is 0 Å². The van der Waals surface area contributed by atoms with Gasteiger partial charge in [0.1, 0.15) is 0 Å². The third kappa shape index (κ3) is 1.55. The molecule has 1 amide bonds. The molecule has 0 aromatic carbocycles. The summed E-state index contributed by atoms with van der Waals surface area (Å²) < 4.78 is 0. The quantitative estimate of drug-likeness (QED) is 0.594. The largest absolute Gasteiger partial charge is 0.340 e. The van der Waals surface area contributed by atoms with E-state index in [1.54, 1.807) is 0 Å².